The van der Waals surface area contributed by atoms with Crippen LogP contribution in [0, 0.1) is 0 Å². The molecule has 2 heterocycles. The van der Waals surface area contributed by atoms with E-state index in [1.807, 2.05) is 0 Å². The number of hydrogen-bond donors (Lipinski definition) is 0. The molecule has 1 aliphatic carbocycles. The van der Waals surface area contributed by atoms with Gasteiger partial charge in [-0.1, -0.05) is 69.3 Å². The summed E-state index contributed by atoms with van der Waals surface area (Å²) in [4.78, 5) is 15.5. The monoisotopic (exact) mass is 461 g/mol. The lowest BCUT2D eigenvalue weighted by molar-refractivity contribution is -0.148. The second kappa shape index (κ2) is 7.31. The molecule has 0 bridgehead atoms. The van der Waals surface area contributed by atoms with Crippen LogP contribution in [0.5, 0.6) is 0 Å². The van der Waals surface area contributed by atoms with E-state index in [0.717, 1.165) is 6.54 Å². The van der Waals surface area contributed by atoms with Gasteiger partial charge in [0.1, 0.15) is 0 Å². The third-order valence-corrected chi connectivity index (χ3v) is 13.0. The van der Waals surface area contributed by atoms with Gasteiger partial charge in [0.2, 0.25) is 0 Å². The van der Waals surface area contributed by atoms with Crippen LogP contribution in [-0.4, -0.2) is 32.5 Å². The van der Waals surface area contributed by atoms with Crippen molar-refractivity contribution < 1.29 is 14.0 Å². The number of fused-ring (bicyclic) bond motifs is 1. The Balaban J connectivity index is 1.61. The largest absolute Gasteiger partial charge is 0.451 e. The second-order valence-corrected chi connectivity index (χ2v) is 16.3. The van der Waals surface area contributed by atoms with Gasteiger partial charge >= 0.3 is 5.97 Å². The van der Waals surface area contributed by atoms with E-state index in [1.165, 1.54) is 22.4 Å². The molecule has 0 N–H and O–H groups in total. The van der Waals surface area contributed by atoms with E-state index in [2.05, 4.69) is 106 Å². The van der Waals surface area contributed by atoms with E-state index in [-0.39, 0.29) is 17.0 Å². The highest BCUT2D eigenvalue weighted by Crippen LogP contribution is 2.64. The zero-order valence-electron chi connectivity index (χ0n) is 20.6. The summed E-state index contributed by atoms with van der Waals surface area (Å²) in [6.07, 6.45) is 2.60. The Hall–Kier alpha value is -2.37. The van der Waals surface area contributed by atoms with Crippen LogP contribution in [0.1, 0.15) is 45.2 Å². The first-order valence-corrected chi connectivity index (χ1v) is 14.9. The SMILES string of the molecule is CC1=C[C@]2(CO[Si](C)(C)C(C)(C)C)OC(=O)C[C@@]23c2ccccc2N(Cc2ccccc2)[C@@H]13. The Labute approximate surface area is 198 Å². The van der Waals surface area contributed by atoms with Gasteiger partial charge in [-0.25, -0.2) is 0 Å². The highest BCUT2D eigenvalue weighted by atomic mass is 28.4. The average molecular weight is 462 g/mol. The van der Waals surface area contributed by atoms with Crippen molar-refractivity contribution in [3.05, 3.63) is 77.4 Å². The maximum atomic E-state index is 13.0. The van der Waals surface area contributed by atoms with Gasteiger partial charge in [-0.2, -0.15) is 0 Å². The Kier molecular flexibility index (Phi) is 4.97. The smallest absolute Gasteiger partial charge is 0.307 e. The molecule has 0 unspecified atom stereocenters. The molecule has 0 saturated carbocycles. The predicted octanol–water partition coefficient (Wildman–Crippen LogP) is 5.98. The van der Waals surface area contributed by atoms with Crippen molar-refractivity contribution in [3.63, 3.8) is 0 Å². The molecule has 33 heavy (non-hydrogen) atoms. The van der Waals surface area contributed by atoms with Gasteiger partial charge in [0.25, 0.3) is 0 Å². The molecule has 3 atom stereocenters. The lowest BCUT2D eigenvalue weighted by Crippen LogP contribution is -2.56. The zero-order valence-corrected chi connectivity index (χ0v) is 21.6. The molecule has 5 rings (SSSR count). The number of hydrogen-bond acceptors (Lipinski definition) is 4. The zero-order chi connectivity index (χ0) is 23.6. The Morgan fingerprint density at radius 3 is 2.45 bits per heavy atom. The van der Waals surface area contributed by atoms with Gasteiger partial charge < -0.3 is 14.1 Å². The van der Waals surface area contributed by atoms with Gasteiger partial charge in [-0.05, 0) is 53.9 Å². The number of carbonyl (C=O) groups is 1. The number of ether oxygens (including phenoxy) is 1. The molecule has 4 nitrogen and oxygen atoms in total. The number of anilines is 1. The van der Waals surface area contributed by atoms with Gasteiger partial charge in [-0.15, -0.1) is 0 Å². The van der Waals surface area contributed by atoms with Crippen LogP contribution in [0.3, 0.4) is 0 Å². The van der Waals surface area contributed by atoms with E-state index in [0.29, 0.717) is 13.0 Å². The van der Waals surface area contributed by atoms with E-state index in [9.17, 15) is 4.79 Å². The lowest BCUT2D eigenvalue weighted by Gasteiger charge is -2.43. The normalized spacial score (nSPS) is 28.3. The fourth-order valence-corrected chi connectivity index (χ4v) is 6.92. The average Bonchev–Trinajstić information content (AvgIpc) is 3.27. The first-order valence-electron chi connectivity index (χ1n) is 12.0. The number of nitrogens with zero attached hydrogens (tertiary/aromatic N) is 1. The second-order valence-electron chi connectivity index (χ2n) is 11.5. The third kappa shape index (κ3) is 3.16. The van der Waals surface area contributed by atoms with E-state index >= 15 is 0 Å². The van der Waals surface area contributed by atoms with Crippen molar-refractivity contribution in [1.29, 1.82) is 0 Å². The summed E-state index contributed by atoms with van der Waals surface area (Å²) in [7, 11) is -2.03. The fourth-order valence-electron chi connectivity index (χ4n) is 5.91. The fraction of sp³-hybridized carbons (Fsp3) is 0.464. The van der Waals surface area contributed by atoms with Crippen LogP contribution in [0.4, 0.5) is 5.69 Å². The van der Waals surface area contributed by atoms with Crippen LogP contribution >= 0.6 is 0 Å². The summed E-state index contributed by atoms with van der Waals surface area (Å²) in [5.41, 5.74) is 3.71. The van der Waals surface area contributed by atoms with Gasteiger partial charge in [-0.3, -0.25) is 4.79 Å². The molecule has 3 aliphatic rings. The van der Waals surface area contributed by atoms with Crippen molar-refractivity contribution in [3.8, 4) is 0 Å². The summed E-state index contributed by atoms with van der Waals surface area (Å²) in [5, 5.41) is 0.0864. The Bertz CT molecular complexity index is 1120. The summed E-state index contributed by atoms with van der Waals surface area (Å²) in [6, 6.07) is 19.2. The number of benzene rings is 2. The standard InChI is InChI=1S/C28H35NO3Si/c1-20-16-27(19-31-33(5,6)26(2,3)4)28(17-24(30)32-27)22-14-10-11-15-23(22)29(25(20)28)18-21-12-8-7-9-13-21/h7-16,25H,17-19H2,1-6H3/t25-,27+,28-/m0/s1. The minimum atomic E-state index is -2.03. The molecule has 1 fully saturated rings. The predicted molar refractivity (Wildman–Crippen MR) is 135 cm³/mol. The highest BCUT2D eigenvalue weighted by molar-refractivity contribution is 6.74. The van der Waals surface area contributed by atoms with Gasteiger partial charge in [0.15, 0.2) is 13.9 Å². The first-order chi connectivity index (χ1) is 15.5. The number of rotatable bonds is 5. The summed E-state index contributed by atoms with van der Waals surface area (Å²) >= 11 is 0. The maximum absolute atomic E-state index is 13.0. The van der Waals surface area contributed by atoms with Gasteiger partial charge in [0, 0.05) is 12.2 Å². The number of para-hydroxylation sites is 1. The summed E-state index contributed by atoms with van der Waals surface area (Å²) < 4.78 is 13.0. The molecular formula is C28H35NO3Si. The van der Waals surface area contributed by atoms with Crippen LogP contribution in [0.2, 0.25) is 18.1 Å². The van der Waals surface area contributed by atoms with Crippen molar-refractivity contribution in [2.24, 2.45) is 0 Å². The molecular weight excluding hydrogens is 426 g/mol. The maximum Gasteiger partial charge on any atom is 0.307 e. The lowest BCUT2D eigenvalue weighted by atomic mass is 9.67. The van der Waals surface area contributed by atoms with Gasteiger partial charge in [0.05, 0.1) is 24.5 Å². The third-order valence-electron chi connectivity index (χ3n) is 8.49. The molecule has 1 saturated heterocycles. The Morgan fingerprint density at radius 1 is 1.09 bits per heavy atom. The Morgan fingerprint density at radius 2 is 1.76 bits per heavy atom. The molecule has 5 heteroatoms. The van der Waals surface area contributed by atoms with Crippen LogP contribution in [0.15, 0.2) is 66.2 Å². The van der Waals surface area contributed by atoms with Crippen molar-refractivity contribution in [2.45, 2.75) is 75.9 Å². The molecule has 2 aromatic rings. The van der Waals surface area contributed by atoms with E-state index in [4.69, 9.17) is 9.16 Å². The highest BCUT2D eigenvalue weighted by Gasteiger charge is 2.72. The van der Waals surface area contributed by atoms with Crippen LogP contribution in [0.25, 0.3) is 0 Å². The molecule has 2 aliphatic heterocycles. The van der Waals surface area contributed by atoms with E-state index < -0.39 is 19.3 Å². The van der Waals surface area contributed by atoms with Crippen LogP contribution < -0.4 is 4.90 Å². The first kappa shape index (κ1) is 22.4. The quantitative estimate of drug-likeness (QED) is 0.312. The molecule has 0 amide bonds. The van der Waals surface area contributed by atoms with Crippen LogP contribution in [-0.2, 0) is 25.9 Å². The number of esters is 1. The van der Waals surface area contributed by atoms with Crippen molar-refractivity contribution >= 4 is 20.0 Å². The topological polar surface area (TPSA) is 38.8 Å². The molecule has 174 valence electrons. The summed E-state index contributed by atoms with van der Waals surface area (Å²) in [5.74, 6) is -0.126. The molecule has 0 aromatic heterocycles. The minimum Gasteiger partial charge on any atom is -0.451 e. The van der Waals surface area contributed by atoms with Crippen molar-refractivity contribution in [1.82, 2.24) is 0 Å². The molecule has 1 spiro atoms. The van der Waals surface area contributed by atoms with E-state index in [1.54, 1.807) is 0 Å². The molecule has 2 aromatic carbocycles. The summed E-state index contributed by atoms with van der Waals surface area (Å²) in [6.45, 7) is 14.7. The molecule has 0 radical (unpaired) electrons. The van der Waals surface area contributed by atoms with Crippen molar-refractivity contribution in [2.75, 3.05) is 11.5 Å². The number of carbonyl (C=O) groups excluding carboxylic acids is 1. The minimum absolute atomic E-state index is 0.0737.